The molecule has 126 valence electrons. The minimum Gasteiger partial charge on any atom is -0.454 e. The molecular formula is C19H13BrFNO3. The largest absolute Gasteiger partial charge is 0.454 e. The Morgan fingerprint density at radius 3 is 2.84 bits per heavy atom. The molecule has 0 saturated carbocycles. The third kappa shape index (κ3) is 4.03. The summed E-state index contributed by atoms with van der Waals surface area (Å²) in [6.45, 7) is -0.383. The fourth-order valence-electron chi connectivity index (χ4n) is 2.36. The average molecular weight is 402 g/mol. The molecule has 25 heavy (non-hydrogen) atoms. The van der Waals surface area contributed by atoms with Gasteiger partial charge in [0.15, 0.2) is 6.61 Å². The second-order valence-electron chi connectivity index (χ2n) is 5.28. The number of carbonyl (C=O) groups is 2. The van der Waals surface area contributed by atoms with Crippen molar-refractivity contribution in [3.05, 3.63) is 76.2 Å². The van der Waals surface area contributed by atoms with Crippen LogP contribution in [0.5, 0.6) is 0 Å². The summed E-state index contributed by atoms with van der Waals surface area (Å²) in [7, 11) is 0. The van der Waals surface area contributed by atoms with Crippen LogP contribution in [0.4, 0.5) is 4.39 Å². The predicted octanol–water partition coefficient (Wildman–Crippen LogP) is 4.51. The Hall–Kier alpha value is -2.73. The smallest absolute Gasteiger partial charge is 0.331 e. The van der Waals surface area contributed by atoms with E-state index >= 15 is 0 Å². The topological polar surface area (TPSA) is 59.2 Å². The van der Waals surface area contributed by atoms with E-state index in [1.807, 2.05) is 24.3 Å². The summed E-state index contributed by atoms with van der Waals surface area (Å²) in [5, 5.41) is 0.773. The number of rotatable bonds is 5. The lowest BCUT2D eigenvalue weighted by molar-refractivity contribution is -0.136. The van der Waals surface area contributed by atoms with Crippen LogP contribution in [0.1, 0.15) is 15.9 Å². The molecule has 0 aliphatic carbocycles. The maximum atomic E-state index is 13.6. The summed E-state index contributed by atoms with van der Waals surface area (Å²) in [4.78, 5) is 27.0. The number of para-hydroxylation sites is 1. The number of nitrogens with one attached hydrogen (secondary N) is 1. The molecular weight excluding hydrogens is 389 g/mol. The van der Waals surface area contributed by atoms with E-state index in [1.165, 1.54) is 18.2 Å². The van der Waals surface area contributed by atoms with E-state index in [1.54, 1.807) is 12.3 Å². The Balaban J connectivity index is 1.63. The maximum absolute atomic E-state index is 13.6. The van der Waals surface area contributed by atoms with Crippen molar-refractivity contribution in [1.82, 2.24) is 4.98 Å². The van der Waals surface area contributed by atoms with E-state index in [-0.39, 0.29) is 18.0 Å². The molecule has 0 bridgehead atoms. The highest BCUT2D eigenvalue weighted by molar-refractivity contribution is 9.10. The first-order valence-electron chi connectivity index (χ1n) is 7.44. The van der Waals surface area contributed by atoms with Gasteiger partial charge in [-0.2, -0.15) is 0 Å². The molecule has 0 fully saturated rings. The van der Waals surface area contributed by atoms with Crippen molar-refractivity contribution in [2.75, 3.05) is 6.61 Å². The van der Waals surface area contributed by atoms with Gasteiger partial charge in [-0.25, -0.2) is 9.18 Å². The van der Waals surface area contributed by atoms with Gasteiger partial charge in [0.05, 0.1) is 0 Å². The molecule has 0 spiro atoms. The highest BCUT2D eigenvalue weighted by Crippen LogP contribution is 2.19. The molecule has 1 heterocycles. The van der Waals surface area contributed by atoms with Gasteiger partial charge in [-0.3, -0.25) is 4.79 Å². The fraction of sp³-hybridized carbons (Fsp3) is 0.0526. The van der Waals surface area contributed by atoms with E-state index in [2.05, 4.69) is 20.9 Å². The number of hydrogen-bond donors (Lipinski definition) is 1. The van der Waals surface area contributed by atoms with Gasteiger partial charge in [-0.05, 0) is 30.3 Å². The van der Waals surface area contributed by atoms with Crippen molar-refractivity contribution in [3.8, 4) is 0 Å². The third-order valence-corrected chi connectivity index (χ3v) is 4.09. The first kappa shape index (κ1) is 17.1. The van der Waals surface area contributed by atoms with Crippen LogP contribution in [0.15, 0.2) is 59.2 Å². The van der Waals surface area contributed by atoms with Crippen LogP contribution in [-0.4, -0.2) is 23.3 Å². The summed E-state index contributed by atoms with van der Waals surface area (Å²) < 4.78 is 19.2. The number of Topliss-reactive ketones (excluding diaryl/α,β-unsaturated/α-hetero) is 1. The number of H-pyrrole nitrogens is 1. The zero-order valence-electron chi connectivity index (χ0n) is 13.0. The van der Waals surface area contributed by atoms with Crippen molar-refractivity contribution in [3.63, 3.8) is 0 Å². The number of fused-ring (bicyclic) bond motifs is 1. The van der Waals surface area contributed by atoms with Gasteiger partial charge in [-0.1, -0.05) is 34.1 Å². The number of ether oxygens (including phenoxy) is 1. The molecule has 0 saturated heterocycles. The fourth-order valence-corrected chi connectivity index (χ4v) is 2.74. The third-order valence-electron chi connectivity index (χ3n) is 3.59. The van der Waals surface area contributed by atoms with Crippen molar-refractivity contribution in [2.24, 2.45) is 0 Å². The molecule has 0 radical (unpaired) electrons. The molecule has 6 heteroatoms. The Bertz CT molecular complexity index is 978. The van der Waals surface area contributed by atoms with Crippen LogP contribution in [-0.2, 0) is 9.53 Å². The molecule has 0 aliphatic heterocycles. The molecule has 0 amide bonds. The molecule has 2 aromatic carbocycles. The lowest BCUT2D eigenvalue weighted by Gasteiger charge is -2.01. The summed E-state index contributed by atoms with van der Waals surface area (Å²) in [6.07, 6.45) is 3.99. The van der Waals surface area contributed by atoms with Crippen molar-refractivity contribution in [2.45, 2.75) is 0 Å². The van der Waals surface area contributed by atoms with Crippen molar-refractivity contribution < 1.29 is 18.7 Å². The van der Waals surface area contributed by atoms with Crippen LogP contribution in [0, 0.1) is 5.82 Å². The molecule has 4 nitrogen and oxygen atoms in total. The second kappa shape index (κ2) is 7.44. The maximum Gasteiger partial charge on any atom is 0.331 e. The SMILES string of the molecule is O=C(/C=C/c1cc(Br)ccc1F)OCC(=O)c1c[nH]c2ccccc12. The minimum absolute atomic E-state index is 0.245. The number of hydrogen-bond acceptors (Lipinski definition) is 3. The van der Waals surface area contributed by atoms with Crippen LogP contribution >= 0.6 is 15.9 Å². The van der Waals surface area contributed by atoms with E-state index in [0.717, 1.165) is 17.0 Å². The Morgan fingerprint density at radius 1 is 1.20 bits per heavy atom. The number of halogens is 2. The van der Waals surface area contributed by atoms with E-state index in [9.17, 15) is 14.0 Å². The number of esters is 1. The van der Waals surface area contributed by atoms with Gasteiger partial charge in [0, 0.05) is 38.8 Å². The van der Waals surface area contributed by atoms with Crippen LogP contribution < -0.4 is 0 Å². The normalized spacial score (nSPS) is 11.1. The lowest BCUT2D eigenvalue weighted by Crippen LogP contribution is -2.12. The number of aromatic nitrogens is 1. The van der Waals surface area contributed by atoms with E-state index < -0.39 is 11.8 Å². The van der Waals surface area contributed by atoms with E-state index in [4.69, 9.17) is 4.74 Å². The summed E-state index contributed by atoms with van der Waals surface area (Å²) in [6, 6.07) is 11.7. The van der Waals surface area contributed by atoms with Gasteiger partial charge >= 0.3 is 5.97 Å². The number of benzene rings is 2. The summed E-state index contributed by atoms with van der Waals surface area (Å²) >= 11 is 3.23. The summed E-state index contributed by atoms with van der Waals surface area (Å²) in [5.74, 6) is -1.48. The summed E-state index contributed by atoms with van der Waals surface area (Å²) in [5.41, 5.74) is 1.54. The number of aromatic amines is 1. The van der Waals surface area contributed by atoms with Crippen molar-refractivity contribution in [1.29, 1.82) is 0 Å². The zero-order chi connectivity index (χ0) is 17.8. The number of carbonyl (C=O) groups excluding carboxylic acids is 2. The molecule has 0 aliphatic rings. The molecule has 1 aromatic heterocycles. The van der Waals surface area contributed by atoms with Crippen LogP contribution in [0.3, 0.4) is 0 Å². The van der Waals surface area contributed by atoms with Gasteiger partial charge in [0.1, 0.15) is 5.82 Å². The monoisotopic (exact) mass is 401 g/mol. The first-order valence-corrected chi connectivity index (χ1v) is 8.23. The van der Waals surface area contributed by atoms with Gasteiger partial charge in [0.25, 0.3) is 0 Å². The average Bonchev–Trinajstić information content (AvgIpc) is 3.04. The Labute approximate surface area is 151 Å². The lowest BCUT2D eigenvalue weighted by atomic mass is 10.1. The van der Waals surface area contributed by atoms with Gasteiger partial charge < -0.3 is 9.72 Å². The number of ketones is 1. The molecule has 1 N–H and O–H groups in total. The predicted molar refractivity (Wildman–Crippen MR) is 96.7 cm³/mol. The Kier molecular flexibility index (Phi) is 5.09. The van der Waals surface area contributed by atoms with Gasteiger partial charge in [-0.15, -0.1) is 0 Å². The molecule has 3 aromatic rings. The molecule has 3 rings (SSSR count). The first-order chi connectivity index (χ1) is 12.0. The minimum atomic E-state index is -0.715. The van der Waals surface area contributed by atoms with Crippen LogP contribution in [0.2, 0.25) is 0 Å². The second-order valence-corrected chi connectivity index (χ2v) is 6.19. The molecule has 0 atom stereocenters. The highest BCUT2D eigenvalue weighted by Gasteiger charge is 2.13. The van der Waals surface area contributed by atoms with E-state index in [0.29, 0.717) is 10.0 Å². The molecule has 0 unspecified atom stereocenters. The van der Waals surface area contributed by atoms with Crippen molar-refractivity contribution >= 4 is 44.7 Å². The van der Waals surface area contributed by atoms with Crippen LogP contribution in [0.25, 0.3) is 17.0 Å². The Morgan fingerprint density at radius 2 is 2.00 bits per heavy atom. The zero-order valence-corrected chi connectivity index (χ0v) is 14.5. The van der Waals surface area contributed by atoms with Gasteiger partial charge in [0.2, 0.25) is 5.78 Å². The standard InChI is InChI=1S/C19H13BrFNO3/c20-13-6-7-16(21)12(9-13)5-8-19(24)25-11-18(23)15-10-22-17-4-2-1-3-14(15)17/h1-10,22H,11H2/b8-5+. The quantitative estimate of drug-likeness (QED) is 0.388. The highest BCUT2D eigenvalue weighted by atomic mass is 79.9.